The Bertz CT molecular complexity index is 804. The molecule has 0 bridgehead atoms. The number of ether oxygens (including phenoxy) is 2. The molecule has 0 saturated heterocycles. The van der Waals surface area contributed by atoms with Gasteiger partial charge in [-0.05, 0) is 42.7 Å². The third-order valence-electron chi connectivity index (χ3n) is 4.19. The Morgan fingerprint density at radius 3 is 2.46 bits per heavy atom. The Balaban J connectivity index is 1.82. The number of guanidine groups is 1. The molecule has 0 aliphatic carbocycles. The van der Waals surface area contributed by atoms with E-state index in [9.17, 15) is 4.79 Å². The number of hydrogen-bond acceptors (Lipinski definition) is 4. The molecule has 0 unspecified atom stereocenters. The molecule has 2 aromatic rings. The van der Waals surface area contributed by atoms with Crippen LogP contribution in [-0.4, -0.2) is 39.9 Å². The average molecular weight is 384 g/mol. The smallest absolute Gasteiger partial charge is 0.411 e. The highest BCUT2D eigenvalue weighted by Gasteiger charge is 2.05. The second-order valence-electron chi connectivity index (χ2n) is 6.23. The van der Waals surface area contributed by atoms with Crippen molar-refractivity contribution in [1.29, 1.82) is 0 Å². The lowest BCUT2D eigenvalue weighted by Crippen LogP contribution is -2.37. The van der Waals surface area contributed by atoms with Gasteiger partial charge in [-0.2, -0.15) is 0 Å². The van der Waals surface area contributed by atoms with Crippen LogP contribution < -0.4 is 20.7 Å². The van der Waals surface area contributed by atoms with Crippen molar-refractivity contribution in [3.63, 3.8) is 0 Å². The summed E-state index contributed by atoms with van der Waals surface area (Å²) in [4.78, 5) is 15.5. The molecular weight excluding hydrogens is 356 g/mol. The molecule has 0 heterocycles. The molecule has 0 fully saturated rings. The second-order valence-corrected chi connectivity index (χ2v) is 6.23. The predicted octanol–water partition coefficient (Wildman–Crippen LogP) is 3.09. The van der Waals surface area contributed by atoms with Crippen LogP contribution >= 0.6 is 0 Å². The van der Waals surface area contributed by atoms with Crippen LogP contribution in [0.2, 0.25) is 0 Å². The molecule has 0 radical (unpaired) electrons. The number of nitrogens with one attached hydrogen (secondary N) is 3. The van der Waals surface area contributed by atoms with Crippen LogP contribution in [0, 0.1) is 6.92 Å². The number of carbonyl (C=O) groups is 1. The van der Waals surface area contributed by atoms with Gasteiger partial charge in [0.25, 0.3) is 0 Å². The first-order chi connectivity index (χ1) is 13.5. The van der Waals surface area contributed by atoms with Crippen LogP contribution in [0.25, 0.3) is 0 Å². The maximum Gasteiger partial charge on any atom is 0.411 e. The average Bonchev–Trinajstić information content (AvgIpc) is 2.71. The van der Waals surface area contributed by atoms with Crippen LogP contribution in [0.15, 0.2) is 47.5 Å². The standard InChI is InChI=1S/C21H28N4O3/c1-15-5-10-19(27-3)17(13-15)11-12-23-20(22-2)24-14-16-6-8-18(9-7-16)25-21(26)28-4/h5-10,13H,11-12,14H2,1-4H3,(H,25,26)(H2,22,23,24). The zero-order valence-corrected chi connectivity index (χ0v) is 16.8. The lowest BCUT2D eigenvalue weighted by molar-refractivity contribution is 0.187. The van der Waals surface area contributed by atoms with Crippen molar-refractivity contribution in [2.45, 2.75) is 19.9 Å². The summed E-state index contributed by atoms with van der Waals surface area (Å²) in [5, 5.41) is 9.22. The fraction of sp³-hybridized carbons (Fsp3) is 0.333. The van der Waals surface area contributed by atoms with E-state index in [1.165, 1.54) is 18.2 Å². The Morgan fingerprint density at radius 1 is 1.07 bits per heavy atom. The third-order valence-corrected chi connectivity index (χ3v) is 4.19. The Kier molecular flexibility index (Phi) is 8.14. The van der Waals surface area contributed by atoms with Gasteiger partial charge in [0.05, 0.1) is 14.2 Å². The van der Waals surface area contributed by atoms with Crippen LogP contribution in [0.5, 0.6) is 5.75 Å². The molecule has 7 heteroatoms. The van der Waals surface area contributed by atoms with Crippen LogP contribution in [0.4, 0.5) is 10.5 Å². The maximum absolute atomic E-state index is 11.2. The maximum atomic E-state index is 11.2. The largest absolute Gasteiger partial charge is 0.496 e. The van der Waals surface area contributed by atoms with Crippen LogP contribution in [0.1, 0.15) is 16.7 Å². The third kappa shape index (κ3) is 6.50. The van der Waals surface area contributed by atoms with E-state index in [1.54, 1.807) is 14.2 Å². The van der Waals surface area contributed by atoms with Crippen molar-refractivity contribution >= 4 is 17.7 Å². The zero-order valence-electron chi connectivity index (χ0n) is 16.8. The SMILES string of the molecule is CN=C(NCCc1cc(C)ccc1OC)NCc1ccc(NC(=O)OC)cc1. The Morgan fingerprint density at radius 2 is 1.82 bits per heavy atom. The highest BCUT2D eigenvalue weighted by Crippen LogP contribution is 2.19. The highest BCUT2D eigenvalue weighted by atomic mass is 16.5. The number of hydrogen-bond donors (Lipinski definition) is 3. The van der Waals surface area contributed by atoms with E-state index in [-0.39, 0.29) is 0 Å². The molecule has 7 nitrogen and oxygen atoms in total. The number of benzene rings is 2. The van der Waals surface area contributed by atoms with Crippen molar-refractivity contribution in [1.82, 2.24) is 10.6 Å². The Hall–Kier alpha value is -3.22. The van der Waals surface area contributed by atoms with E-state index in [0.29, 0.717) is 12.2 Å². The van der Waals surface area contributed by atoms with Crippen molar-refractivity contribution in [2.75, 3.05) is 33.1 Å². The van der Waals surface area contributed by atoms with E-state index in [0.717, 1.165) is 30.2 Å². The molecule has 0 aliphatic rings. The van der Waals surface area contributed by atoms with Gasteiger partial charge >= 0.3 is 6.09 Å². The molecule has 2 rings (SSSR count). The Labute approximate surface area is 166 Å². The minimum atomic E-state index is -0.485. The van der Waals surface area contributed by atoms with Crippen molar-refractivity contribution < 1.29 is 14.3 Å². The minimum Gasteiger partial charge on any atom is -0.496 e. The van der Waals surface area contributed by atoms with Gasteiger partial charge in [0, 0.05) is 25.8 Å². The fourth-order valence-electron chi connectivity index (χ4n) is 2.70. The first-order valence-electron chi connectivity index (χ1n) is 9.07. The molecular formula is C21H28N4O3. The van der Waals surface area contributed by atoms with Gasteiger partial charge < -0.3 is 20.1 Å². The van der Waals surface area contributed by atoms with Gasteiger partial charge in [0.15, 0.2) is 5.96 Å². The lowest BCUT2D eigenvalue weighted by atomic mass is 10.1. The number of carbonyl (C=O) groups excluding carboxylic acids is 1. The normalized spacial score (nSPS) is 10.9. The molecule has 0 spiro atoms. The molecule has 3 N–H and O–H groups in total. The summed E-state index contributed by atoms with van der Waals surface area (Å²) in [5.74, 6) is 1.62. The van der Waals surface area contributed by atoms with Crippen LogP contribution in [0.3, 0.4) is 0 Å². The van der Waals surface area contributed by atoms with Crippen molar-refractivity contribution in [2.24, 2.45) is 4.99 Å². The fourth-order valence-corrected chi connectivity index (χ4v) is 2.70. The monoisotopic (exact) mass is 384 g/mol. The van der Waals surface area contributed by atoms with Gasteiger partial charge in [0.1, 0.15) is 5.75 Å². The number of aryl methyl sites for hydroxylation is 1. The number of methoxy groups -OCH3 is 2. The molecule has 0 atom stereocenters. The summed E-state index contributed by atoms with van der Waals surface area (Å²) in [6.07, 6.45) is 0.347. The second kappa shape index (κ2) is 10.8. The quantitative estimate of drug-likeness (QED) is 0.505. The number of aliphatic imine (C=N–C) groups is 1. The number of anilines is 1. The predicted molar refractivity (Wildman–Crippen MR) is 112 cm³/mol. The summed E-state index contributed by atoms with van der Waals surface area (Å²) < 4.78 is 10.00. The number of rotatable bonds is 7. The molecule has 28 heavy (non-hydrogen) atoms. The topological polar surface area (TPSA) is 84.0 Å². The summed E-state index contributed by atoms with van der Waals surface area (Å²) >= 11 is 0. The van der Waals surface area contributed by atoms with Gasteiger partial charge in [-0.15, -0.1) is 0 Å². The van der Waals surface area contributed by atoms with E-state index in [4.69, 9.17) is 4.74 Å². The van der Waals surface area contributed by atoms with Crippen molar-refractivity contribution in [3.8, 4) is 5.75 Å². The molecule has 150 valence electrons. The van der Waals surface area contributed by atoms with Gasteiger partial charge in [-0.25, -0.2) is 4.79 Å². The van der Waals surface area contributed by atoms with E-state index in [2.05, 4.69) is 38.7 Å². The summed E-state index contributed by atoms with van der Waals surface area (Å²) in [5.41, 5.74) is 4.13. The number of amides is 1. The highest BCUT2D eigenvalue weighted by molar-refractivity contribution is 5.84. The number of nitrogens with zero attached hydrogens (tertiary/aromatic N) is 1. The first-order valence-corrected chi connectivity index (χ1v) is 9.07. The first kappa shape index (κ1) is 21.1. The summed E-state index contributed by atoms with van der Waals surface area (Å²) in [7, 11) is 4.77. The zero-order chi connectivity index (χ0) is 20.4. The van der Waals surface area contributed by atoms with Gasteiger partial charge in [-0.1, -0.05) is 29.8 Å². The van der Waals surface area contributed by atoms with E-state index < -0.39 is 6.09 Å². The molecule has 2 aromatic carbocycles. The molecule has 0 aromatic heterocycles. The molecule has 0 saturated carbocycles. The van der Waals surface area contributed by atoms with E-state index in [1.807, 2.05) is 36.4 Å². The lowest BCUT2D eigenvalue weighted by Gasteiger charge is -2.14. The van der Waals surface area contributed by atoms with Crippen LogP contribution in [-0.2, 0) is 17.7 Å². The van der Waals surface area contributed by atoms with Gasteiger partial charge in [-0.3, -0.25) is 10.3 Å². The van der Waals surface area contributed by atoms with Gasteiger partial charge in [0.2, 0.25) is 0 Å². The molecule has 1 amide bonds. The molecule has 0 aliphatic heterocycles. The van der Waals surface area contributed by atoms with E-state index >= 15 is 0 Å². The summed E-state index contributed by atoms with van der Waals surface area (Å²) in [6.45, 7) is 3.43. The summed E-state index contributed by atoms with van der Waals surface area (Å²) in [6, 6.07) is 13.7. The van der Waals surface area contributed by atoms with Crippen molar-refractivity contribution in [3.05, 3.63) is 59.2 Å². The minimum absolute atomic E-state index is 0.485.